The van der Waals surface area contributed by atoms with E-state index in [0.29, 0.717) is 12.2 Å². The van der Waals surface area contributed by atoms with Gasteiger partial charge in [0.1, 0.15) is 12.3 Å². The van der Waals surface area contributed by atoms with Crippen LogP contribution in [0.5, 0.6) is 0 Å². The number of hydrogen-bond acceptors (Lipinski definition) is 4. The third-order valence-electron chi connectivity index (χ3n) is 5.56. The predicted molar refractivity (Wildman–Crippen MR) is 88.5 cm³/mol. The number of carbonyl (C=O) groups is 2. The third kappa shape index (κ3) is 3.05. The van der Waals surface area contributed by atoms with Crippen LogP contribution in [0.4, 0.5) is 0 Å². The number of likely N-dealkylation sites (tertiary alicyclic amines) is 1. The third-order valence-corrected chi connectivity index (χ3v) is 5.56. The second-order valence-electron chi connectivity index (χ2n) is 6.78. The van der Waals surface area contributed by atoms with Gasteiger partial charge in [0.25, 0.3) is 5.91 Å². The van der Waals surface area contributed by atoms with Crippen LogP contribution in [0, 0.1) is 5.41 Å². The molecule has 1 N–H and O–H groups in total. The Bertz CT molecular complexity index is 605. The van der Waals surface area contributed by atoms with Crippen molar-refractivity contribution in [3.63, 3.8) is 0 Å². The van der Waals surface area contributed by atoms with Crippen molar-refractivity contribution in [2.24, 2.45) is 5.41 Å². The number of nitrogens with one attached hydrogen (secondary N) is 1. The average Bonchev–Trinajstić information content (AvgIpc) is 3.07. The molecule has 1 aliphatic carbocycles. The summed E-state index contributed by atoms with van der Waals surface area (Å²) < 4.78 is 6.63. The molecule has 0 aromatic carbocycles. The van der Waals surface area contributed by atoms with Gasteiger partial charge in [-0.1, -0.05) is 0 Å². The van der Waals surface area contributed by atoms with E-state index in [1.165, 1.54) is 7.11 Å². The Hall–Kier alpha value is -1.89. The zero-order valence-corrected chi connectivity index (χ0v) is 14.5. The van der Waals surface area contributed by atoms with E-state index in [2.05, 4.69) is 10.4 Å². The van der Waals surface area contributed by atoms with Gasteiger partial charge in [-0.25, -0.2) is 0 Å². The van der Waals surface area contributed by atoms with Crippen LogP contribution < -0.4 is 5.32 Å². The van der Waals surface area contributed by atoms with E-state index in [9.17, 15) is 9.59 Å². The molecule has 132 valence electrons. The molecule has 1 spiro atoms. The highest BCUT2D eigenvalue weighted by Gasteiger charge is 2.49. The SMILES string of the molecule is CCn1nccc1C(=O)N1CCC2(CCC2NC(=O)COC)CC1. The normalized spacial score (nSPS) is 22.2. The minimum atomic E-state index is -0.0491. The standard InChI is InChI=1S/C17H26N4O3/c1-3-21-13(5-9-18-21)16(23)20-10-7-17(8-11-20)6-4-14(17)19-15(22)12-24-2/h5,9,14H,3-4,6-8,10-12H2,1-2H3,(H,19,22). The molecule has 2 fully saturated rings. The quantitative estimate of drug-likeness (QED) is 0.873. The molecule has 1 atom stereocenters. The van der Waals surface area contributed by atoms with Gasteiger partial charge >= 0.3 is 0 Å². The summed E-state index contributed by atoms with van der Waals surface area (Å²) in [5.41, 5.74) is 0.817. The first-order chi connectivity index (χ1) is 11.6. The second-order valence-corrected chi connectivity index (χ2v) is 6.78. The fraction of sp³-hybridized carbons (Fsp3) is 0.706. The lowest BCUT2D eigenvalue weighted by molar-refractivity contribution is -0.129. The van der Waals surface area contributed by atoms with Crippen molar-refractivity contribution in [3.8, 4) is 0 Å². The van der Waals surface area contributed by atoms with Crippen LogP contribution in [-0.2, 0) is 16.1 Å². The summed E-state index contributed by atoms with van der Waals surface area (Å²) >= 11 is 0. The highest BCUT2D eigenvalue weighted by Crippen LogP contribution is 2.49. The molecule has 24 heavy (non-hydrogen) atoms. The van der Waals surface area contributed by atoms with Crippen molar-refractivity contribution in [1.29, 1.82) is 0 Å². The summed E-state index contributed by atoms with van der Waals surface area (Å²) in [4.78, 5) is 26.4. The Morgan fingerprint density at radius 3 is 2.71 bits per heavy atom. The Morgan fingerprint density at radius 2 is 2.12 bits per heavy atom. The number of piperidine rings is 1. The molecule has 3 rings (SSSR count). The van der Waals surface area contributed by atoms with Gasteiger partial charge in [0.15, 0.2) is 0 Å². The highest BCUT2D eigenvalue weighted by atomic mass is 16.5. The molecule has 1 unspecified atom stereocenters. The fourth-order valence-corrected chi connectivity index (χ4v) is 3.97. The molecule has 1 aromatic heterocycles. The maximum Gasteiger partial charge on any atom is 0.272 e. The molecule has 7 nitrogen and oxygen atoms in total. The largest absolute Gasteiger partial charge is 0.375 e. The van der Waals surface area contributed by atoms with Gasteiger partial charge < -0.3 is 15.0 Å². The van der Waals surface area contributed by atoms with Gasteiger partial charge in [0, 0.05) is 39.0 Å². The van der Waals surface area contributed by atoms with Crippen molar-refractivity contribution >= 4 is 11.8 Å². The van der Waals surface area contributed by atoms with Gasteiger partial charge in [-0.3, -0.25) is 14.3 Å². The number of aromatic nitrogens is 2. The molecule has 7 heteroatoms. The van der Waals surface area contributed by atoms with E-state index >= 15 is 0 Å². The van der Waals surface area contributed by atoms with Crippen LogP contribution in [0.1, 0.15) is 43.1 Å². The number of methoxy groups -OCH3 is 1. The predicted octanol–water partition coefficient (Wildman–Crippen LogP) is 1.05. The van der Waals surface area contributed by atoms with Crippen LogP contribution in [0.3, 0.4) is 0 Å². The maximum atomic E-state index is 12.7. The van der Waals surface area contributed by atoms with Crippen molar-refractivity contribution in [1.82, 2.24) is 20.0 Å². The topological polar surface area (TPSA) is 76.5 Å². The number of carbonyl (C=O) groups excluding carboxylic acids is 2. The number of ether oxygens (including phenoxy) is 1. The lowest BCUT2D eigenvalue weighted by Gasteiger charge is -2.54. The number of aryl methyl sites for hydroxylation is 1. The highest BCUT2D eigenvalue weighted by molar-refractivity contribution is 5.92. The number of hydrogen-bond donors (Lipinski definition) is 1. The van der Waals surface area contributed by atoms with Crippen molar-refractivity contribution in [2.75, 3.05) is 26.8 Å². The Morgan fingerprint density at radius 1 is 1.38 bits per heavy atom. The number of rotatable bonds is 5. The smallest absolute Gasteiger partial charge is 0.272 e. The van der Waals surface area contributed by atoms with Gasteiger partial charge in [-0.05, 0) is 44.1 Å². The molecular formula is C17H26N4O3. The van der Waals surface area contributed by atoms with Crippen molar-refractivity contribution in [3.05, 3.63) is 18.0 Å². The van der Waals surface area contributed by atoms with E-state index in [1.807, 2.05) is 11.8 Å². The molecule has 0 radical (unpaired) electrons. The van der Waals surface area contributed by atoms with Gasteiger partial charge in [-0.2, -0.15) is 5.10 Å². The maximum absolute atomic E-state index is 12.7. The Labute approximate surface area is 142 Å². The molecular weight excluding hydrogens is 308 g/mol. The molecule has 1 aliphatic heterocycles. The van der Waals surface area contributed by atoms with Crippen LogP contribution in [0.15, 0.2) is 12.3 Å². The number of amides is 2. The molecule has 0 bridgehead atoms. The molecule has 1 saturated heterocycles. The van der Waals surface area contributed by atoms with Crippen LogP contribution >= 0.6 is 0 Å². The molecule has 1 saturated carbocycles. The van der Waals surface area contributed by atoms with E-state index in [-0.39, 0.29) is 29.9 Å². The summed E-state index contributed by atoms with van der Waals surface area (Å²) in [5.74, 6) is 0.00965. The lowest BCUT2D eigenvalue weighted by atomic mass is 9.59. The molecule has 1 aromatic rings. The minimum Gasteiger partial charge on any atom is -0.375 e. The first kappa shape index (κ1) is 17.0. The minimum absolute atomic E-state index is 0.0491. The Balaban J connectivity index is 1.58. The Kier molecular flexibility index (Phi) is 4.89. The van der Waals surface area contributed by atoms with Crippen LogP contribution in [0.25, 0.3) is 0 Å². The monoisotopic (exact) mass is 334 g/mol. The zero-order chi connectivity index (χ0) is 17.2. The summed E-state index contributed by atoms with van der Waals surface area (Å²) in [7, 11) is 1.53. The summed E-state index contributed by atoms with van der Waals surface area (Å²) in [6.07, 6.45) is 5.70. The lowest BCUT2D eigenvalue weighted by Crippen LogP contribution is -2.60. The average molecular weight is 334 g/mol. The first-order valence-electron chi connectivity index (χ1n) is 8.69. The molecule has 2 aliphatic rings. The van der Waals surface area contributed by atoms with E-state index in [1.54, 1.807) is 16.9 Å². The zero-order valence-electron chi connectivity index (χ0n) is 14.5. The van der Waals surface area contributed by atoms with E-state index in [0.717, 1.165) is 38.8 Å². The van der Waals surface area contributed by atoms with Crippen LogP contribution in [-0.4, -0.2) is 59.3 Å². The van der Waals surface area contributed by atoms with Crippen LogP contribution in [0.2, 0.25) is 0 Å². The van der Waals surface area contributed by atoms with Crippen molar-refractivity contribution < 1.29 is 14.3 Å². The second kappa shape index (κ2) is 6.93. The van der Waals surface area contributed by atoms with Gasteiger partial charge in [0.05, 0.1) is 0 Å². The number of nitrogens with zero attached hydrogens (tertiary/aromatic N) is 3. The van der Waals surface area contributed by atoms with Crippen molar-refractivity contribution in [2.45, 2.75) is 45.2 Å². The first-order valence-corrected chi connectivity index (χ1v) is 8.69. The molecule has 2 heterocycles. The van der Waals surface area contributed by atoms with Gasteiger partial charge in [0.2, 0.25) is 5.91 Å². The molecule has 2 amide bonds. The fourth-order valence-electron chi connectivity index (χ4n) is 3.97. The van der Waals surface area contributed by atoms with Gasteiger partial charge in [-0.15, -0.1) is 0 Å². The summed E-state index contributed by atoms with van der Waals surface area (Å²) in [6, 6.07) is 2.01. The van der Waals surface area contributed by atoms with E-state index in [4.69, 9.17) is 4.74 Å². The summed E-state index contributed by atoms with van der Waals surface area (Å²) in [6.45, 7) is 4.27. The van der Waals surface area contributed by atoms with E-state index < -0.39 is 0 Å². The summed E-state index contributed by atoms with van der Waals surface area (Å²) in [5, 5.41) is 7.26.